The van der Waals surface area contributed by atoms with Crippen LogP contribution < -0.4 is 10.6 Å². The van der Waals surface area contributed by atoms with E-state index in [1.54, 1.807) is 6.07 Å². The van der Waals surface area contributed by atoms with Crippen LogP contribution in [-0.4, -0.2) is 18.7 Å². The highest BCUT2D eigenvalue weighted by Gasteiger charge is 2.23. The quantitative estimate of drug-likeness (QED) is 0.580. The fraction of sp³-hybridized carbons (Fsp3) is 0.222. The largest absolute Gasteiger partial charge is 0.507 e. The minimum Gasteiger partial charge on any atom is -0.507 e. The highest BCUT2D eigenvalue weighted by atomic mass is 16.3. The van der Waals surface area contributed by atoms with E-state index in [2.05, 4.69) is 35.4 Å². The summed E-state index contributed by atoms with van der Waals surface area (Å²) in [5.41, 5.74) is 5.42. The van der Waals surface area contributed by atoms with Crippen LogP contribution in [0.4, 0.5) is 5.69 Å². The van der Waals surface area contributed by atoms with Crippen molar-refractivity contribution in [2.24, 2.45) is 0 Å². The van der Waals surface area contributed by atoms with Crippen molar-refractivity contribution in [3.63, 3.8) is 0 Å². The van der Waals surface area contributed by atoms with E-state index in [-0.39, 0.29) is 0 Å². The Bertz CT molecular complexity index is 675. The molecule has 0 aromatic heterocycles. The van der Waals surface area contributed by atoms with Crippen molar-refractivity contribution in [2.75, 3.05) is 18.9 Å². The second-order valence-corrected chi connectivity index (χ2v) is 5.35. The van der Waals surface area contributed by atoms with Gasteiger partial charge < -0.3 is 15.7 Å². The van der Waals surface area contributed by atoms with E-state index in [4.69, 9.17) is 0 Å². The summed E-state index contributed by atoms with van der Waals surface area (Å²) in [7, 11) is 1.92. The minimum atomic E-state index is 0.321. The predicted molar refractivity (Wildman–Crippen MR) is 87.7 cm³/mol. The molecule has 3 N–H and O–H groups in total. The Labute approximate surface area is 125 Å². The zero-order chi connectivity index (χ0) is 14.8. The molecule has 2 aromatic rings. The molecular formula is C18H20N2O. The number of phenols is 1. The summed E-state index contributed by atoms with van der Waals surface area (Å²) >= 11 is 0. The maximum atomic E-state index is 10.2. The highest BCUT2D eigenvalue weighted by Crippen LogP contribution is 2.35. The number of anilines is 1. The molecular weight excluding hydrogens is 260 g/mol. The van der Waals surface area contributed by atoms with Gasteiger partial charge in [0.05, 0.1) is 0 Å². The lowest BCUT2D eigenvalue weighted by Gasteiger charge is -2.12. The molecule has 1 heterocycles. The fourth-order valence-electron chi connectivity index (χ4n) is 2.63. The first kappa shape index (κ1) is 13.7. The first-order valence-electron chi connectivity index (χ1n) is 7.21. The van der Waals surface area contributed by atoms with Gasteiger partial charge in [0, 0.05) is 30.9 Å². The zero-order valence-corrected chi connectivity index (χ0v) is 12.2. The lowest BCUT2D eigenvalue weighted by atomic mass is 9.97. The third-order valence-electron chi connectivity index (χ3n) is 3.88. The minimum absolute atomic E-state index is 0.321. The number of rotatable bonds is 5. The van der Waals surface area contributed by atoms with Crippen LogP contribution >= 0.6 is 0 Å². The second kappa shape index (κ2) is 5.62. The van der Waals surface area contributed by atoms with Crippen molar-refractivity contribution >= 4 is 5.69 Å². The lowest BCUT2D eigenvalue weighted by Crippen LogP contribution is -1.95. The van der Waals surface area contributed by atoms with E-state index >= 15 is 0 Å². The van der Waals surface area contributed by atoms with Crippen LogP contribution in [0.3, 0.4) is 0 Å². The number of hydrogen-bond donors (Lipinski definition) is 3. The van der Waals surface area contributed by atoms with Gasteiger partial charge in [-0.1, -0.05) is 18.2 Å². The van der Waals surface area contributed by atoms with Crippen molar-refractivity contribution < 1.29 is 5.11 Å². The molecule has 1 atom stereocenters. The average Bonchev–Trinajstić information content (AvgIpc) is 3.33. The number of allylic oxidation sites excluding steroid dienone is 1. The van der Waals surface area contributed by atoms with Crippen molar-refractivity contribution in [1.29, 1.82) is 0 Å². The summed E-state index contributed by atoms with van der Waals surface area (Å²) in [4.78, 5) is 0. The summed E-state index contributed by atoms with van der Waals surface area (Å²) in [5, 5.41) is 16.7. The van der Waals surface area contributed by atoms with E-state index in [0.29, 0.717) is 11.8 Å². The van der Waals surface area contributed by atoms with Crippen molar-refractivity contribution in [2.45, 2.75) is 12.5 Å². The molecule has 108 valence electrons. The first-order valence-corrected chi connectivity index (χ1v) is 7.21. The van der Waals surface area contributed by atoms with Crippen LogP contribution in [0.15, 0.2) is 49.1 Å². The molecule has 0 saturated carbocycles. The maximum Gasteiger partial charge on any atom is 0.123 e. The molecule has 1 fully saturated rings. The Morgan fingerprint density at radius 2 is 2.14 bits per heavy atom. The molecule has 1 aliphatic rings. The predicted octanol–water partition coefficient (Wildman–Crippen LogP) is 3.47. The Morgan fingerprint density at radius 1 is 1.33 bits per heavy atom. The van der Waals surface area contributed by atoms with Gasteiger partial charge in [0.1, 0.15) is 5.75 Å². The summed E-state index contributed by atoms with van der Waals surface area (Å²) in [6.07, 6.45) is 2.69. The number of aromatic hydroxyl groups is 1. The van der Waals surface area contributed by atoms with E-state index in [1.165, 1.54) is 11.1 Å². The van der Waals surface area contributed by atoms with Crippen LogP contribution in [0.25, 0.3) is 11.1 Å². The Balaban J connectivity index is 2.04. The molecule has 1 saturated heterocycles. The van der Waals surface area contributed by atoms with Crippen molar-refractivity contribution in [3.05, 3.63) is 60.2 Å². The molecule has 0 spiro atoms. The Kier molecular flexibility index (Phi) is 3.67. The molecule has 0 bridgehead atoms. The van der Waals surface area contributed by atoms with E-state index < -0.39 is 0 Å². The van der Waals surface area contributed by atoms with Gasteiger partial charge in [-0.25, -0.2) is 0 Å². The third-order valence-corrected chi connectivity index (χ3v) is 3.88. The molecule has 3 nitrogen and oxygen atoms in total. The zero-order valence-electron chi connectivity index (χ0n) is 12.2. The SMILES string of the molecule is C=CCc1cc(-c2cc(C3CN3)ccc2O)ccc1NC. The van der Waals surface area contributed by atoms with Gasteiger partial charge in [0.2, 0.25) is 0 Å². The normalized spacial score (nSPS) is 16.5. The second-order valence-electron chi connectivity index (χ2n) is 5.35. The summed E-state index contributed by atoms with van der Waals surface area (Å²) in [6.45, 7) is 4.83. The smallest absolute Gasteiger partial charge is 0.123 e. The number of phenolic OH excluding ortho intramolecular Hbond substituents is 1. The molecule has 0 radical (unpaired) electrons. The molecule has 3 heteroatoms. The van der Waals surface area contributed by atoms with E-state index in [9.17, 15) is 5.11 Å². The van der Waals surface area contributed by atoms with Gasteiger partial charge in [-0.15, -0.1) is 6.58 Å². The van der Waals surface area contributed by atoms with E-state index in [1.807, 2.05) is 25.3 Å². The van der Waals surface area contributed by atoms with Gasteiger partial charge in [-0.2, -0.15) is 0 Å². The number of benzene rings is 2. The van der Waals surface area contributed by atoms with Crippen LogP contribution in [0.1, 0.15) is 17.2 Å². The average molecular weight is 280 g/mol. The molecule has 0 amide bonds. The Hall–Kier alpha value is -2.26. The van der Waals surface area contributed by atoms with Crippen molar-refractivity contribution in [1.82, 2.24) is 5.32 Å². The molecule has 3 rings (SSSR count). The van der Waals surface area contributed by atoms with Gasteiger partial charge >= 0.3 is 0 Å². The topological polar surface area (TPSA) is 54.2 Å². The van der Waals surface area contributed by atoms with Crippen LogP contribution in [0.2, 0.25) is 0 Å². The fourth-order valence-corrected chi connectivity index (χ4v) is 2.63. The highest BCUT2D eigenvalue weighted by molar-refractivity contribution is 5.74. The maximum absolute atomic E-state index is 10.2. The summed E-state index contributed by atoms with van der Waals surface area (Å²) in [5.74, 6) is 0.321. The van der Waals surface area contributed by atoms with Gasteiger partial charge in [0.15, 0.2) is 0 Å². The lowest BCUT2D eigenvalue weighted by molar-refractivity contribution is 0.477. The van der Waals surface area contributed by atoms with Gasteiger partial charge in [-0.05, 0) is 47.4 Å². The molecule has 0 aliphatic carbocycles. The summed E-state index contributed by atoms with van der Waals surface area (Å²) in [6, 6.07) is 12.5. The van der Waals surface area contributed by atoms with Crippen molar-refractivity contribution in [3.8, 4) is 16.9 Å². The van der Waals surface area contributed by atoms with Crippen LogP contribution in [-0.2, 0) is 6.42 Å². The molecule has 2 aromatic carbocycles. The molecule has 1 aliphatic heterocycles. The number of nitrogens with one attached hydrogen (secondary N) is 2. The van der Waals surface area contributed by atoms with Crippen LogP contribution in [0.5, 0.6) is 5.75 Å². The van der Waals surface area contributed by atoms with Gasteiger partial charge in [-0.3, -0.25) is 0 Å². The molecule has 1 unspecified atom stereocenters. The summed E-state index contributed by atoms with van der Waals surface area (Å²) < 4.78 is 0. The standard InChI is InChI=1S/C18H20N2O/c1-3-4-13-9-12(5-7-16(13)19-2)15-10-14(17-11-20-17)6-8-18(15)21/h3,5-10,17,19-21H,1,4,11H2,2H3. The first-order chi connectivity index (χ1) is 10.2. The number of hydrogen-bond acceptors (Lipinski definition) is 3. The van der Waals surface area contributed by atoms with Gasteiger partial charge in [0.25, 0.3) is 0 Å². The monoisotopic (exact) mass is 280 g/mol. The Morgan fingerprint density at radius 3 is 2.81 bits per heavy atom. The third kappa shape index (κ3) is 2.78. The van der Waals surface area contributed by atoms with E-state index in [0.717, 1.165) is 29.8 Å². The molecule has 21 heavy (non-hydrogen) atoms. The van der Waals surface area contributed by atoms with Crippen LogP contribution in [0, 0.1) is 0 Å².